The van der Waals surface area contributed by atoms with Crippen molar-refractivity contribution in [2.75, 3.05) is 6.54 Å². The third-order valence-electron chi connectivity index (χ3n) is 6.14. The van der Waals surface area contributed by atoms with Gasteiger partial charge in [-0.15, -0.1) is 0 Å². The predicted octanol–water partition coefficient (Wildman–Crippen LogP) is 5.93. The molecular formula is C23H42N2. The second kappa shape index (κ2) is 7.86. The quantitative estimate of drug-likeness (QED) is 0.663. The second-order valence-electron chi connectivity index (χ2n) is 10.7. The normalized spacial score (nSPS) is 33.1. The highest BCUT2D eigenvalue weighted by atomic mass is 14.6. The maximum absolute atomic E-state index is 6.86. The van der Waals surface area contributed by atoms with Crippen LogP contribution in [0.5, 0.6) is 0 Å². The van der Waals surface area contributed by atoms with Crippen LogP contribution in [0.4, 0.5) is 0 Å². The lowest BCUT2D eigenvalue weighted by atomic mass is 9.67. The minimum Gasteiger partial charge on any atom is -0.399 e. The Morgan fingerprint density at radius 2 is 1.40 bits per heavy atom. The topological polar surface area (TPSA) is 52.0 Å². The first-order valence-electron chi connectivity index (χ1n) is 10.4. The van der Waals surface area contributed by atoms with Crippen LogP contribution in [0, 0.1) is 22.7 Å². The molecule has 25 heavy (non-hydrogen) atoms. The van der Waals surface area contributed by atoms with Gasteiger partial charge < -0.3 is 11.5 Å². The van der Waals surface area contributed by atoms with Crippen LogP contribution >= 0.6 is 0 Å². The van der Waals surface area contributed by atoms with Crippen molar-refractivity contribution in [1.82, 2.24) is 0 Å². The molecule has 2 atom stereocenters. The molecule has 0 amide bonds. The van der Waals surface area contributed by atoms with Gasteiger partial charge in [-0.3, -0.25) is 0 Å². The SMILES string of the molecule is CC1CC(=C(N)C(CCCN)=C2CC(C)CC(C)(C)C2)CC(C)(C)C1. The largest absolute Gasteiger partial charge is 0.399 e. The van der Waals surface area contributed by atoms with E-state index in [9.17, 15) is 0 Å². The van der Waals surface area contributed by atoms with Crippen LogP contribution in [0.2, 0.25) is 0 Å². The molecule has 4 N–H and O–H groups in total. The highest BCUT2D eigenvalue weighted by molar-refractivity contribution is 5.39. The predicted molar refractivity (Wildman–Crippen MR) is 110 cm³/mol. The Hall–Kier alpha value is -0.760. The van der Waals surface area contributed by atoms with E-state index >= 15 is 0 Å². The van der Waals surface area contributed by atoms with E-state index in [0.29, 0.717) is 10.8 Å². The molecule has 2 fully saturated rings. The fraction of sp³-hybridized carbons (Fsp3) is 0.826. The van der Waals surface area contributed by atoms with Gasteiger partial charge in [0.2, 0.25) is 0 Å². The van der Waals surface area contributed by atoms with E-state index in [1.165, 1.54) is 43.3 Å². The van der Waals surface area contributed by atoms with Crippen molar-refractivity contribution < 1.29 is 0 Å². The minimum atomic E-state index is 0.375. The fourth-order valence-electron chi connectivity index (χ4n) is 5.75. The van der Waals surface area contributed by atoms with Gasteiger partial charge in [0.15, 0.2) is 0 Å². The molecule has 2 aliphatic rings. The number of nitrogens with two attached hydrogens (primary N) is 2. The number of hydrogen-bond donors (Lipinski definition) is 2. The summed E-state index contributed by atoms with van der Waals surface area (Å²) in [6.07, 6.45) is 9.47. The van der Waals surface area contributed by atoms with Gasteiger partial charge >= 0.3 is 0 Å². The summed E-state index contributed by atoms with van der Waals surface area (Å²) in [4.78, 5) is 0. The third-order valence-corrected chi connectivity index (χ3v) is 6.14. The Morgan fingerprint density at radius 3 is 1.88 bits per heavy atom. The lowest BCUT2D eigenvalue weighted by Crippen LogP contribution is -2.27. The third kappa shape index (κ3) is 5.61. The Labute approximate surface area is 156 Å². The number of rotatable bonds is 4. The Morgan fingerprint density at radius 1 is 0.920 bits per heavy atom. The summed E-state index contributed by atoms with van der Waals surface area (Å²) in [6, 6.07) is 0. The summed E-state index contributed by atoms with van der Waals surface area (Å²) in [5, 5.41) is 0. The molecule has 2 rings (SSSR count). The van der Waals surface area contributed by atoms with Crippen LogP contribution < -0.4 is 11.5 Å². The van der Waals surface area contributed by atoms with Crippen molar-refractivity contribution in [3.05, 3.63) is 22.4 Å². The second-order valence-corrected chi connectivity index (χ2v) is 10.7. The smallest absolute Gasteiger partial charge is 0.0338 e. The molecule has 0 aromatic heterocycles. The van der Waals surface area contributed by atoms with Crippen LogP contribution in [-0.4, -0.2) is 6.54 Å². The van der Waals surface area contributed by atoms with Crippen LogP contribution in [0.1, 0.15) is 92.9 Å². The van der Waals surface area contributed by atoms with Crippen LogP contribution in [-0.2, 0) is 0 Å². The first-order valence-corrected chi connectivity index (χ1v) is 10.4. The van der Waals surface area contributed by atoms with Gasteiger partial charge in [-0.25, -0.2) is 0 Å². The zero-order valence-electron chi connectivity index (χ0n) is 17.7. The van der Waals surface area contributed by atoms with Gasteiger partial charge in [-0.1, -0.05) is 47.1 Å². The summed E-state index contributed by atoms with van der Waals surface area (Å²) >= 11 is 0. The fourth-order valence-corrected chi connectivity index (χ4v) is 5.75. The molecule has 0 aliphatic heterocycles. The molecule has 0 saturated heterocycles. The van der Waals surface area contributed by atoms with Gasteiger partial charge in [0.05, 0.1) is 0 Å². The molecule has 0 heterocycles. The number of hydrogen-bond acceptors (Lipinski definition) is 2. The lowest BCUT2D eigenvalue weighted by Gasteiger charge is -2.39. The van der Waals surface area contributed by atoms with Crippen molar-refractivity contribution >= 4 is 0 Å². The average Bonchev–Trinajstić information content (AvgIpc) is 2.43. The molecular weight excluding hydrogens is 304 g/mol. The van der Waals surface area contributed by atoms with Gasteiger partial charge in [0.25, 0.3) is 0 Å². The Bertz CT molecular complexity index is 536. The van der Waals surface area contributed by atoms with E-state index in [1.54, 1.807) is 5.57 Å². The van der Waals surface area contributed by atoms with E-state index in [-0.39, 0.29) is 0 Å². The van der Waals surface area contributed by atoms with E-state index in [2.05, 4.69) is 41.5 Å². The summed E-state index contributed by atoms with van der Waals surface area (Å²) in [5.74, 6) is 1.49. The molecule has 2 nitrogen and oxygen atoms in total. The summed E-state index contributed by atoms with van der Waals surface area (Å²) in [6.45, 7) is 15.2. The first-order chi connectivity index (χ1) is 11.5. The molecule has 2 unspecified atom stereocenters. The highest BCUT2D eigenvalue weighted by Crippen LogP contribution is 2.46. The highest BCUT2D eigenvalue weighted by Gasteiger charge is 2.33. The van der Waals surface area contributed by atoms with Crippen LogP contribution in [0.3, 0.4) is 0 Å². The van der Waals surface area contributed by atoms with Gasteiger partial charge in [-0.2, -0.15) is 0 Å². The molecule has 0 spiro atoms. The molecule has 0 radical (unpaired) electrons. The maximum atomic E-state index is 6.86. The average molecular weight is 347 g/mol. The van der Waals surface area contributed by atoms with E-state index in [4.69, 9.17) is 11.5 Å². The van der Waals surface area contributed by atoms with Crippen LogP contribution in [0.15, 0.2) is 22.4 Å². The van der Waals surface area contributed by atoms with E-state index in [0.717, 1.165) is 43.3 Å². The van der Waals surface area contributed by atoms with Crippen molar-refractivity contribution in [2.24, 2.45) is 34.1 Å². The molecule has 144 valence electrons. The maximum Gasteiger partial charge on any atom is 0.0338 e. The van der Waals surface area contributed by atoms with Crippen molar-refractivity contribution in [3.8, 4) is 0 Å². The van der Waals surface area contributed by atoms with Crippen molar-refractivity contribution in [3.63, 3.8) is 0 Å². The lowest BCUT2D eigenvalue weighted by molar-refractivity contribution is 0.230. The summed E-state index contributed by atoms with van der Waals surface area (Å²) in [5.41, 5.74) is 19.2. The zero-order valence-corrected chi connectivity index (χ0v) is 17.7. The molecule has 2 aliphatic carbocycles. The minimum absolute atomic E-state index is 0.375. The monoisotopic (exact) mass is 346 g/mol. The van der Waals surface area contributed by atoms with Gasteiger partial charge in [0, 0.05) is 5.70 Å². The molecule has 0 aromatic carbocycles. The van der Waals surface area contributed by atoms with Crippen LogP contribution in [0.25, 0.3) is 0 Å². The van der Waals surface area contributed by atoms with Gasteiger partial charge in [0.1, 0.15) is 0 Å². The van der Waals surface area contributed by atoms with E-state index in [1.807, 2.05) is 0 Å². The number of allylic oxidation sites excluding steroid dienone is 3. The summed E-state index contributed by atoms with van der Waals surface area (Å²) < 4.78 is 0. The molecule has 2 saturated carbocycles. The molecule has 2 heteroatoms. The summed E-state index contributed by atoms with van der Waals surface area (Å²) in [7, 11) is 0. The molecule has 0 aromatic rings. The Balaban J connectivity index is 2.42. The first kappa shape index (κ1) is 20.6. The molecule has 0 bridgehead atoms. The standard InChI is InChI=1S/C23H42N2/c1-16-10-18(14-22(3,4)12-16)20(8-7-9-24)21(25)19-11-17(2)13-23(5,6)15-19/h16-17H,7-15,24-25H2,1-6H3. The van der Waals surface area contributed by atoms with Crippen molar-refractivity contribution in [1.29, 1.82) is 0 Å². The van der Waals surface area contributed by atoms with Crippen molar-refractivity contribution in [2.45, 2.75) is 92.9 Å². The van der Waals surface area contributed by atoms with Gasteiger partial charge in [-0.05, 0) is 91.7 Å². The zero-order chi connectivity index (χ0) is 18.8. The Kier molecular flexibility index (Phi) is 6.46. The van der Waals surface area contributed by atoms with E-state index < -0.39 is 0 Å².